The van der Waals surface area contributed by atoms with Crippen molar-refractivity contribution in [1.29, 1.82) is 5.41 Å². The number of aromatic nitrogens is 1. The Balaban J connectivity index is 1.63. The van der Waals surface area contributed by atoms with Crippen LogP contribution in [0.4, 0.5) is 15.3 Å². The molecule has 0 aliphatic heterocycles. The Morgan fingerprint density at radius 2 is 1.60 bits per heavy atom. The zero-order valence-electron chi connectivity index (χ0n) is 36.6. The van der Waals surface area contributed by atoms with Crippen LogP contribution in [0.3, 0.4) is 0 Å². The van der Waals surface area contributed by atoms with Crippen LogP contribution < -0.4 is 26.0 Å². The molecule has 0 spiro atoms. The fourth-order valence-corrected chi connectivity index (χ4v) is 5.76. The number of pyridine rings is 1. The SMILES string of the molecule is C=Cc1cc(C(=O)Nc2ccc(C(=N)NC(=O)OC(C)OC(=C)C)cc2)c(-c2ccc(C(=O)NCC3CC3)nc2C(=O)OCOC(=O)[C@@H](NC(=O)OC(C)(C)C)C(C)C)cc1OC. The molecule has 1 unspecified atom stereocenters. The average molecular weight is 871 g/mol. The monoisotopic (exact) mass is 870 g/mol. The highest BCUT2D eigenvalue weighted by atomic mass is 16.7. The smallest absolute Gasteiger partial charge is 0.415 e. The second kappa shape index (κ2) is 21.5. The molecule has 3 aromatic rings. The summed E-state index contributed by atoms with van der Waals surface area (Å²) >= 11 is 0. The summed E-state index contributed by atoms with van der Waals surface area (Å²) in [6.07, 6.45) is 0.732. The van der Waals surface area contributed by atoms with Gasteiger partial charge in [0.2, 0.25) is 13.1 Å². The van der Waals surface area contributed by atoms with E-state index in [9.17, 15) is 28.8 Å². The Morgan fingerprint density at radius 1 is 0.921 bits per heavy atom. The second-order valence-electron chi connectivity index (χ2n) is 15.8. The maximum Gasteiger partial charge on any atom is 0.415 e. The van der Waals surface area contributed by atoms with Crippen LogP contribution in [-0.2, 0) is 28.5 Å². The Bertz CT molecular complexity index is 2250. The highest BCUT2D eigenvalue weighted by molar-refractivity contribution is 6.11. The van der Waals surface area contributed by atoms with E-state index in [1.54, 1.807) is 41.5 Å². The summed E-state index contributed by atoms with van der Waals surface area (Å²) in [6, 6.07) is 10.7. The van der Waals surface area contributed by atoms with Gasteiger partial charge in [0.25, 0.3) is 11.8 Å². The number of ether oxygens (including phenoxy) is 6. The molecular formula is C45H54N6O12. The number of hydrogen-bond acceptors (Lipinski definition) is 14. The lowest BCUT2D eigenvalue weighted by molar-refractivity contribution is -0.156. The number of nitrogens with zero attached hydrogens (tertiary/aromatic N) is 1. The van der Waals surface area contributed by atoms with Gasteiger partial charge in [0.1, 0.15) is 28.9 Å². The van der Waals surface area contributed by atoms with Crippen LogP contribution in [0.5, 0.6) is 5.75 Å². The maximum absolute atomic E-state index is 14.1. The van der Waals surface area contributed by atoms with Gasteiger partial charge in [-0.3, -0.25) is 20.3 Å². The minimum absolute atomic E-state index is 0.0271. The van der Waals surface area contributed by atoms with E-state index in [0.717, 1.165) is 12.8 Å². The molecule has 1 heterocycles. The summed E-state index contributed by atoms with van der Waals surface area (Å²) in [5, 5.41) is 18.7. The molecule has 5 N–H and O–H groups in total. The third-order valence-electron chi connectivity index (χ3n) is 8.98. The van der Waals surface area contributed by atoms with Gasteiger partial charge in [-0.25, -0.2) is 24.2 Å². The number of amidine groups is 1. The first-order valence-corrected chi connectivity index (χ1v) is 20.0. The number of nitrogens with one attached hydrogen (secondary N) is 5. The van der Waals surface area contributed by atoms with Crippen molar-refractivity contribution in [2.24, 2.45) is 11.8 Å². The molecule has 18 nitrogen and oxygen atoms in total. The van der Waals surface area contributed by atoms with Crippen LogP contribution in [-0.4, -0.2) is 85.1 Å². The van der Waals surface area contributed by atoms with Crippen molar-refractivity contribution >= 4 is 53.5 Å². The van der Waals surface area contributed by atoms with E-state index >= 15 is 0 Å². The topological polar surface area (TPSA) is 243 Å². The molecule has 0 radical (unpaired) electrons. The predicted octanol–water partition coefficient (Wildman–Crippen LogP) is 6.95. The standard InChI is InChI=1S/C45H54N6O12/c1-11-28-20-33(39(52)48-30-16-14-29(15-17-30)38(46)51-43(56)62-26(6)61-25(4)5)32(21-35(28)58-10)31-18-19-34(40(53)47-22-27-12-13-27)49-37(31)42(55)60-23-59-41(54)36(24(2)3)50-44(57)63-45(7,8)9/h11,14-21,24,26-27,36H,1,4,12-13,22-23H2,2-3,5-10H3,(H,47,53)(H,48,52)(H,50,57)(H2,46,51,56)/t26?,36-/m0/s1. The van der Waals surface area contributed by atoms with E-state index in [4.69, 9.17) is 33.8 Å². The maximum atomic E-state index is 14.1. The minimum Gasteiger partial charge on any atom is -0.496 e. The van der Waals surface area contributed by atoms with Crippen LogP contribution in [0.15, 0.2) is 67.4 Å². The molecule has 1 aromatic heterocycles. The normalized spacial score (nSPS) is 13.0. The van der Waals surface area contributed by atoms with Gasteiger partial charge in [-0.05, 0) is 101 Å². The number of hydrogen-bond donors (Lipinski definition) is 5. The molecule has 1 fully saturated rings. The quantitative estimate of drug-likeness (QED) is 0.0217. The molecule has 1 aliphatic carbocycles. The zero-order chi connectivity index (χ0) is 46.6. The van der Waals surface area contributed by atoms with Crippen LogP contribution in [0, 0.1) is 17.2 Å². The predicted molar refractivity (Wildman–Crippen MR) is 232 cm³/mol. The van der Waals surface area contributed by atoms with Gasteiger partial charge in [0.05, 0.1) is 12.9 Å². The van der Waals surface area contributed by atoms with E-state index in [-0.39, 0.29) is 39.5 Å². The third-order valence-corrected chi connectivity index (χ3v) is 8.98. The van der Waals surface area contributed by atoms with Crippen LogP contribution in [0.25, 0.3) is 17.2 Å². The number of rotatable bonds is 18. The largest absolute Gasteiger partial charge is 0.496 e. The van der Waals surface area contributed by atoms with Crippen molar-refractivity contribution in [3.8, 4) is 16.9 Å². The first kappa shape index (κ1) is 48.4. The number of anilines is 1. The van der Waals surface area contributed by atoms with Gasteiger partial charge in [-0.1, -0.05) is 33.1 Å². The van der Waals surface area contributed by atoms with Gasteiger partial charge >= 0.3 is 24.1 Å². The number of methoxy groups -OCH3 is 1. The molecule has 336 valence electrons. The van der Waals surface area contributed by atoms with Crippen LogP contribution >= 0.6 is 0 Å². The molecule has 1 saturated carbocycles. The van der Waals surface area contributed by atoms with E-state index in [2.05, 4.69) is 39.4 Å². The van der Waals surface area contributed by atoms with Crippen molar-refractivity contribution in [3.05, 3.63) is 95.5 Å². The summed E-state index contributed by atoms with van der Waals surface area (Å²) in [5.74, 6) is -2.95. The molecule has 18 heteroatoms. The van der Waals surface area contributed by atoms with Gasteiger partial charge in [0.15, 0.2) is 5.69 Å². The average Bonchev–Trinajstić information content (AvgIpc) is 4.05. The minimum atomic E-state index is -1.15. The lowest BCUT2D eigenvalue weighted by Gasteiger charge is -2.24. The Morgan fingerprint density at radius 3 is 2.19 bits per heavy atom. The molecular weight excluding hydrogens is 817 g/mol. The number of carbonyl (C=O) groups is 6. The summed E-state index contributed by atoms with van der Waals surface area (Å²) in [7, 11) is 1.41. The first-order valence-electron chi connectivity index (χ1n) is 20.0. The highest BCUT2D eigenvalue weighted by Gasteiger charge is 2.30. The van der Waals surface area contributed by atoms with Crippen LogP contribution in [0.1, 0.15) is 104 Å². The van der Waals surface area contributed by atoms with Crippen molar-refractivity contribution in [1.82, 2.24) is 20.9 Å². The molecule has 63 heavy (non-hydrogen) atoms. The fourth-order valence-electron chi connectivity index (χ4n) is 5.76. The van der Waals surface area contributed by atoms with E-state index in [0.29, 0.717) is 29.5 Å². The summed E-state index contributed by atoms with van der Waals surface area (Å²) < 4.78 is 31.7. The molecule has 2 aromatic carbocycles. The summed E-state index contributed by atoms with van der Waals surface area (Å²) in [6.45, 7) is 18.4. The van der Waals surface area contributed by atoms with Crippen LogP contribution in [0.2, 0.25) is 0 Å². The Hall–Kier alpha value is -7.24. The molecule has 4 amide bonds. The highest BCUT2D eigenvalue weighted by Crippen LogP contribution is 2.35. The number of benzene rings is 2. The number of carbonyl (C=O) groups excluding carboxylic acids is 6. The van der Waals surface area contributed by atoms with E-state index in [1.807, 2.05) is 0 Å². The van der Waals surface area contributed by atoms with Gasteiger partial charge in [-0.2, -0.15) is 0 Å². The molecule has 0 bridgehead atoms. The lowest BCUT2D eigenvalue weighted by atomic mass is 9.94. The molecule has 1 aliphatic rings. The molecule has 4 rings (SSSR count). The van der Waals surface area contributed by atoms with Crippen molar-refractivity contribution in [3.63, 3.8) is 0 Å². The summed E-state index contributed by atoms with van der Waals surface area (Å²) in [5.41, 5.74) is -0.0986. The lowest BCUT2D eigenvalue weighted by Crippen LogP contribution is -2.47. The Kier molecular flexibility index (Phi) is 16.5. The number of esters is 2. The van der Waals surface area contributed by atoms with E-state index < -0.39 is 72.3 Å². The second-order valence-corrected chi connectivity index (χ2v) is 15.8. The first-order chi connectivity index (χ1) is 29.7. The Labute approximate surface area is 365 Å². The summed E-state index contributed by atoms with van der Waals surface area (Å²) in [4.78, 5) is 83.4. The van der Waals surface area contributed by atoms with Crippen molar-refractivity contribution in [2.75, 3.05) is 25.8 Å². The van der Waals surface area contributed by atoms with Gasteiger partial charge in [-0.15, -0.1) is 0 Å². The fraction of sp³-hybridized carbons (Fsp3) is 0.378. The van der Waals surface area contributed by atoms with E-state index in [1.165, 1.54) is 68.6 Å². The zero-order valence-corrected chi connectivity index (χ0v) is 36.6. The number of amides is 4. The van der Waals surface area contributed by atoms with Crippen molar-refractivity contribution < 1.29 is 57.2 Å². The third kappa shape index (κ3) is 14.4. The number of alkyl carbamates (subject to hydrolysis) is 2. The molecule has 2 atom stereocenters. The van der Waals surface area contributed by atoms with Gasteiger partial charge < -0.3 is 44.4 Å². The number of allylic oxidation sites excluding steroid dienone is 1. The van der Waals surface area contributed by atoms with Gasteiger partial charge in [0, 0.05) is 47.0 Å². The molecule has 0 saturated heterocycles. The van der Waals surface area contributed by atoms with Crippen molar-refractivity contribution in [2.45, 2.75) is 79.2 Å².